The van der Waals surface area contributed by atoms with E-state index in [1.165, 1.54) is 180 Å². The van der Waals surface area contributed by atoms with Gasteiger partial charge in [-0.3, -0.25) is 0 Å². The van der Waals surface area contributed by atoms with Crippen molar-refractivity contribution in [2.45, 2.75) is 226 Å². The van der Waals surface area contributed by atoms with Crippen LogP contribution < -0.4 is 0 Å². The quantitative estimate of drug-likeness (QED) is 0.0356. The standard InChI is InChI=1S/C22H40O4.C18H38O.Na.H/c1-2-3-4-5-6-7-8-9-10-11-12-13-14-15-16-17-18-20(22(25)26)19-21(23)24;1-2-3-4-5-6-7-8-9-10-11-12-13-14-15-16-17-18-19;;/h19H,2-18H2,1H3,(H,23,24)(H,25,26);19H,2-18H2,1H3;;. The molecule has 0 rings (SSSR count). The van der Waals surface area contributed by atoms with E-state index in [1.807, 2.05) is 0 Å². The van der Waals surface area contributed by atoms with Crippen molar-refractivity contribution in [3.8, 4) is 0 Å². The Balaban J connectivity index is -0.000000824. The Morgan fingerprint density at radius 1 is 0.413 bits per heavy atom. The minimum absolute atomic E-state index is 0. The first-order chi connectivity index (χ1) is 22.0. The average molecular weight is 663 g/mol. The second-order valence-corrected chi connectivity index (χ2v) is 13.4. The monoisotopic (exact) mass is 663 g/mol. The number of carboxylic acid groups (broad SMARTS) is 2. The summed E-state index contributed by atoms with van der Waals surface area (Å²) in [6.45, 7) is 4.92. The molecule has 0 amide bonds. The van der Waals surface area contributed by atoms with E-state index in [2.05, 4.69) is 13.8 Å². The van der Waals surface area contributed by atoms with E-state index in [0.29, 0.717) is 13.0 Å². The molecule has 0 heterocycles. The summed E-state index contributed by atoms with van der Waals surface area (Å²) in [5.41, 5.74) is 0.00265. The van der Waals surface area contributed by atoms with Crippen molar-refractivity contribution >= 4 is 41.5 Å². The molecular weight excluding hydrogens is 583 g/mol. The topological polar surface area (TPSA) is 94.8 Å². The normalized spacial score (nSPS) is 11.2. The first-order valence-corrected chi connectivity index (χ1v) is 19.8. The number of aliphatic carboxylic acids is 2. The second-order valence-electron chi connectivity index (χ2n) is 13.4. The van der Waals surface area contributed by atoms with E-state index in [4.69, 9.17) is 15.3 Å². The van der Waals surface area contributed by atoms with Gasteiger partial charge in [0.05, 0.1) is 0 Å². The first kappa shape index (κ1) is 50.0. The van der Waals surface area contributed by atoms with E-state index >= 15 is 0 Å². The van der Waals surface area contributed by atoms with Gasteiger partial charge in [-0.1, -0.05) is 206 Å². The Bertz CT molecular complexity index is 621. The maximum absolute atomic E-state index is 10.9. The summed E-state index contributed by atoms with van der Waals surface area (Å²) in [5, 5.41) is 26.2. The molecule has 0 unspecified atom stereocenters. The molecule has 0 aliphatic heterocycles. The number of rotatable bonds is 35. The molecule has 0 fully saturated rings. The van der Waals surface area contributed by atoms with Gasteiger partial charge >= 0.3 is 41.5 Å². The molecule has 0 atom stereocenters. The van der Waals surface area contributed by atoms with E-state index in [0.717, 1.165) is 31.8 Å². The van der Waals surface area contributed by atoms with Crippen molar-refractivity contribution in [2.24, 2.45) is 0 Å². The number of carboxylic acids is 2. The number of carbonyl (C=O) groups is 2. The van der Waals surface area contributed by atoms with Gasteiger partial charge in [0.2, 0.25) is 0 Å². The van der Waals surface area contributed by atoms with Crippen LogP contribution in [0.1, 0.15) is 226 Å². The van der Waals surface area contributed by atoms with Crippen LogP contribution in [0.15, 0.2) is 11.6 Å². The van der Waals surface area contributed by atoms with Gasteiger partial charge in [0.1, 0.15) is 0 Å². The molecule has 0 aromatic carbocycles. The SMILES string of the molecule is CCCCCCCCCCCCCCCCCCC(=CC(=O)O)C(=O)O.CCCCCCCCCCCCCCCCCCO.[NaH]. The average Bonchev–Trinajstić information content (AvgIpc) is 3.02. The predicted octanol–water partition coefficient (Wildman–Crippen LogP) is 12.3. The summed E-state index contributed by atoms with van der Waals surface area (Å²) in [5.74, 6) is -2.30. The van der Waals surface area contributed by atoms with Crippen LogP contribution in [0.5, 0.6) is 0 Å². The zero-order chi connectivity index (χ0) is 33.5. The fourth-order valence-electron chi connectivity index (χ4n) is 5.91. The Hall–Kier alpha value is -0.360. The van der Waals surface area contributed by atoms with Crippen LogP contribution in [-0.2, 0) is 9.59 Å². The molecular formula is C40H79NaO5. The molecule has 46 heavy (non-hydrogen) atoms. The number of unbranched alkanes of at least 4 members (excludes halogenated alkanes) is 30. The van der Waals surface area contributed by atoms with E-state index in [9.17, 15) is 9.59 Å². The van der Waals surface area contributed by atoms with Gasteiger partial charge in [-0.15, -0.1) is 0 Å². The first-order valence-electron chi connectivity index (χ1n) is 19.8. The van der Waals surface area contributed by atoms with Crippen molar-refractivity contribution in [3.05, 3.63) is 11.6 Å². The second kappa shape index (κ2) is 44.6. The molecule has 0 radical (unpaired) electrons. The molecule has 0 saturated carbocycles. The Labute approximate surface area is 308 Å². The summed E-state index contributed by atoms with van der Waals surface area (Å²) < 4.78 is 0. The molecule has 5 nitrogen and oxygen atoms in total. The molecule has 0 spiro atoms. The van der Waals surface area contributed by atoms with Gasteiger partial charge in [-0.2, -0.15) is 0 Å². The van der Waals surface area contributed by atoms with Gasteiger partial charge in [-0.05, 0) is 19.3 Å². The Kier molecular flexibility index (Phi) is 48.5. The van der Waals surface area contributed by atoms with Gasteiger partial charge < -0.3 is 15.3 Å². The summed E-state index contributed by atoms with van der Waals surface area (Å²) in [4.78, 5) is 21.4. The van der Waals surface area contributed by atoms with E-state index < -0.39 is 11.9 Å². The van der Waals surface area contributed by atoms with Crippen molar-refractivity contribution < 1.29 is 24.9 Å². The molecule has 0 aromatic heterocycles. The maximum atomic E-state index is 10.9. The van der Waals surface area contributed by atoms with Crippen LogP contribution in [0, 0.1) is 0 Å². The fourth-order valence-corrected chi connectivity index (χ4v) is 5.91. The van der Waals surface area contributed by atoms with Gasteiger partial charge in [0, 0.05) is 18.3 Å². The number of aliphatic hydroxyl groups is 1. The zero-order valence-electron chi connectivity index (χ0n) is 30.3. The Morgan fingerprint density at radius 2 is 0.652 bits per heavy atom. The van der Waals surface area contributed by atoms with E-state index in [-0.39, 0.29) is 35.1 Å². The third-order valence-corrected chi connectivity index (χ3v) is 8.88. The number of hydrogen-bond acceptors (Lipinski definition) is 3. The fraction of sp³-hybridized carbons (Fsp3) is 0.900. The molecule has 6 heteroatoms. The van der Waals surface area contributed by atoms with Crippen LogP contribution >= 0.6 is 0 Å². The molecule has 3 N–H and O–H groups in total. The van der Waals surface area contributed by atoms with Crippen molar-refractivity contribution in [1.82, 2.24) is 0 Å². The van der Waals surface area contributed by atoms with Crippen LogP contribution in [0.3, 0.4) is 0 Å². The van der Waals surface area contributed by atoms with Crippen molar-refractivity contribution in [3.63, 3.8) is 0 Å². The van der Waals surface area contributed by atoms with E-state index in [1.54, 1.807) is 0 Å². The number of aliphatic hydroxyl groups excluding tert-OH is 1. The molecule has 0 bridgehead atoms. The van der Waals surface area contributed by atoms with Crippen LogP contribution in [0.25, 0.3) is 0 Å². The van der Waals surface area contributed by atoms with Crippen LogP contribution in [0.2, 0.25) is 0 Å². The van der Waals surface area contributed by atoms with Crippen LogP contribution in [-0.4, -0.2) is 63.4 Å². The zero-order valence-corrected chi connectivity index (χ0v) is 30.3. The molecule has 0 saturated heterocycles. The van der Waals surface area contributed by atoms with Crippen molar-refractivity contribution in [1.29, 1.82) is 0 Å². The van der Waals surface area contributed by atoms with Gasteiger partial charge in [0.15, 0.2) is 0 Å². The summed E-state index contributed by atoms with van der Waals surface area (Å²) in [7, 11) is 0. The minimum atomic E-state index is -1.18. The summed E-state index contributed by atoms with van der Waals surface area (Å²) >= 11 is 0. The van der Waals surface area contributed by atoms with Gasteiger partial charge in [0.25, 0.3) is 0 Å². The third kappa shape index (κ3) is 45.8. The summed E-state index contributed by atoms with van der Waals surface area (Å²) in [6.07, 6.45) is 43.7. The predicted molar refractivity (Wildman–Crippen MR) is 201 cm³/mol. The van der Waals surface area contributed by atoms with Crippen molar-refractivity contribution in [2.75, 3.05) is 6.61 Å². The molecule has 0 aliphatic carbocycles. The van der Waals surface area contributed by atoms with Crippen LogP contribution in [0.4, 0.5) is 0 Å². The Morgan fingerprint density at radius 3 is 0.870 bits per heavy atom. The van der Waals surface area contributed by atoms with Gasteiger partial charge in [-0.25, -0.2) is 9.59 Å². The molecule has 270 valence electrons. The third-order valence-electron chi connectivity index (χ3n) is 8.88. The molecule has 0 aromatic rings. The molecule has 0 aliphatic rings. The summed E-state index contributed by atoms with van der Waals surface area (Å²) in [6, 6.07) is 0. The number of hydrogen-bond donors (Lipinski definition) is 3.